The lowest BCUT2D eigenvalue weighted by Gasteiger charge is -2.28. The summed E-state index contributed by atoms with van der Waals surface area (Å²) in [5.41, 5.74) is 2.48. The zero-order valence-corrected chi connectivity index (χ0v) is 17.7. The number of guanidine groups is 1. The molecule has 1 aliphatic rings. The van der Waals surface area contributed by atoms with Crippen molar-refractivity contribution in [2.24, 2.45) is 4.99 Å². The lowest BCUT2D eigenvalue weighted by atomic mass is 10.2. The molecule has 158 valence electrons. The molecule has 0 unspecified atom stereocenters. The molecule has 1 aromatic carbocycles. The van der Waals surface area contributed by atoms with Crippen molar-refractivity contribution in [3.05, 3.63) is 29.8 Å². The Morgan fingerprint density at radius 2 is 1.93 bits per heavy atom. The van der Waals surface area contributed by atoms with Crippen LogP contribution in [-0.2, 0) is 16.0 Å². The predicted octanol–water partition coefficient (Wildman–Crippen LogP) is 1.55. The average Bonchev–Trinajstić information content (AvgIpc) is 2.73. The number of anilines is 1. The van der Waals surface area contributed by atoms with E-state index in [1.165, 1.54) is 11.3 Å². The first kappa shape index (κ1) is 22.5. The molecule has 1 saturated heterocycles. The summed E-state index contributed by atoms with van der Waals surface area (Å²) >= 11 is 0. The zero-order valence-electron chi connectivity index (χ0n) is 17.7. The molecule has 7 nitrogen and oxygen atoms in total. The van der Waals surface area contributed by atoms with Gasteiger partial charge in [-0.3, -0.25) is 0 Å². The third-order valence-corrected chi connectivity index (χ3v) is 4.75. The second kappa shape index (κ2) is 13.4. The second-order valence-electron chi connectivity index (χ2n) is 7.04. The highest BCUT2D eigenvalue weighted by atomic mass is 16.5. The molecule has 0 aromatic heterocycles. The highest BCUT2D eigenvalue weighted by molar-refractivity contribution is 5.79. The monoisotopic (exact) mass is 391 g/mol. The van der Waals surface area contributed by atoms with E-state index in [1.54, 1.807) is 7.11 Å². The maximum absolute atomic E-state index is 5.42. The molecule has 2 rings (SSSR count). The first-order chi connectivity index (χ1) is 13.7. The zero-order chi connectivity index (χ0) is 20.0. The standard InChI is InChI=1S/C21H37N5O2/c1-4-22-21(23-10-12-25(2)11-5-15-27-3)24-18-19-6-8-20(9-7-19)26-13-16-28-17-14-26/h6-9H,4-5,10-18H2,1-3H3,(H2,22,23,24). The molecule has 0 aliphatic carbocycles. The number of hydrogen-bond donors (Lipinski definition) is 2. The van der Waals surface area contributed by atoms with E-state index in [-0.39, 0.29) is 0 Å². The molecule has 1 fully saturated rings. The quantitative estimate of drug-likeness (QED) is 0.339. The van der Waals surface area contributed by atoms with Gasteiger partial charge in [-0.2, -0.15) is 0 Å². The van der Waals surface area contributed by atoms with Crippen LogP contribution < -0.4 is 15.5 Å². The van der Waals surface area contributed by atoms with Gasteiger partial charge in [0.25, 0.3) is 0 Å². The van der Waals surface area contributed by atoms with Crippen LogP contribution in [0.5, 0.6) is 0 Å². The molecule has 28 heavy (non-hydrogen) atoms. The normalized spacial score (nSPS) is 15.1. The largest absolute Gasteiger partial charge is 0.385 e. The maximum atomic E-state index is 5.42. The average molecular weight is 392 g/mol. The van der Waals surface area contributed by atoms with Gasteiger partial charge in [-0.1, -0.05) is 12.1 Å². The van der Waals surface area contributed by atoms with Gasteiger partial charge >= 0.3 is 0 Å². The van der Waals surface area contributed by atoms with E-state index >= 15 is 0 Å². The van der Waals surface area contributed by atoms with Crippen molar-refractivity contribution in [1.82, 2.24) is 15.5 Å². The van der Waals surface area contributed by atoms with Gasteiger partial charge in [0.1, 0.15) is 0 Å². The molecular formula is C21H37N5O2. The Kier molecular flexibility index (Phi) is 10.7. The molecule has 2 N–H and O–H groups in total. The second-order valence-corrected chi connectivity index (χ2v) is 7.04. The summed E-state index contributed by atoms with van der Waals surface area (Å²) in [7, 11) is 3.88. The molecule has 0 atom stereocenters. The molecule has 7 heteroatoms. The molecule has 0 radical (unpaired) electrons. The van der Waals surface area contributed by atoms with Crippen molar-refractivity contribution < 1.29 is 9.47 Å². The van der Waals surface area contributed by atoms with Crippen LogP contribution in [0.25, 0.3) is 0 Å². The van der Waals surface area contributed by atoms with Gasteiger partial charge in [0.15, 0.2) is 5.96 Å². The van der Waals surface area contributed by atoms with Crippen molar-refractivity contribution in [2.75, 3.05) is 78.1 Å². The minimum absolute atomic E-state index is 0.669. The van der Waals surface area contributed by atoms with Gasteiger partial charge < -0.3 is 29.9 Å². The third-order valence-electron chi connectivity index (χ3n) is 4.75. The van der Waals surface area contributed by atoms with Crippen LogP contribution in [0.15, 0.2) is 29.3 Å². The summed E-state index contributed by atoms with van der Waals surface area (Å²) in [6, 6.07) is 8.71. The number of likely N-dealkylation sites (N-methyl/N-ethyl adjacent to an activating group) is 1. The minimum atomic E-state index is 0.669. The van der Waals surface area contributed by atoms with Crippen LogP contribution in [0.4, 0.5) is 5.69 Å². The van der Waals surface area contributed by atoms with E-state index < -0.39 is 0 Å². The number of morpholine rings is 1. The first-order valence-corrected chi connectivity index (χ1v) is 10.3. The smallest absolute Gasteiger partial charge is 0.191 e. The van der Waals surface area contributed by atoms with Gasteiger partial charge in [-0.25, -0.2) is 4.99 Å². The van der Waals surface area contributed by atoms with E-state index in [0.717, 1.165) is 71.5 Å². The lowest BCUT2D eigenvalue weighted by Crippen LogP contribution is -2.41. The van der Waals surface area contributed by atoms with E-state index in [1.807, 2.05) is 0 Å². The van der Waals surface area contributed by atoms with Gasteiger partial charge in [0, 0.05) is 58.7 Å². The molecule has 0 bridgehead atoms. The predicted molar refractivity (Wildman–Crippen MR) is 116 cm³/mol. The highest BCUT2D eigenvalue weighted by Crippen LogP contribution is 2.17. The van der Waals surface area contributed by atoms with Crippen LogP contribution in [0, 0.1) is 0 Å². The summed E-state index contributed by atoms with van der Waals surface area (Å²) in [6.45, 7) is 10.9. The Balaban J connectivity index is 1.77. The molecule has 0 spiro atoms. The third kappa shape index (κ3) is 8.46. The summed E-state index contributed by atoms with van der Waals surface area (Å²) < 4.78 is 10.5. The molecule has 1 aliphatic heterocycles. The summed E-state index contributed by atoms with van der Waals surface area (Å²) in [5.74, 6) is 0.866. The fourth-order valence-electron chi connectivity index (χ4n) is 3.10. The van der Waals surface area contributed by atoms with Gasteiger partial charge in [-0.05, 0) is 38.1 Å². The van der Waals surface area contributed by atoms with Crippen molar-refractivity contribution in [3.8, 4) is 0 Å². The Bertz CT molecular complexity index is 558. The van der Waals surface area contributed by atoms with E-state index in [2.05, 4.69) is 58.7 Å². The number of nitrogens with one attached hydrogen (secondary N) is 2. The van der Waals surface area contributed by atoms with E-state index in [4.69, 9.17) is 14.5 Å². The maximum Gasteiger partial charge on any atom is 0.191 e. The van der Waals surface area contributed by atoms with Gasteiger partial charge in [0.05, 0.1) is 19.8 Å². The fourth-order valence-corrected chi connectivity index (χ4v) is 3.10. The number of rotatable bonds is 11. The number of aliphatic imine (C=N–C) groups is 1. The molecule has 1 heterocycles. The van der Waals surface area contributed by atoms with Crippen LogP contribution in [0.3, 0.4) is 0 Å². The Labute approximate surface area is 170 Å². The van der Waals surface area contributed by atoms with Gasteiger partial charge in [0.2, 0.25) is 0 Å². The fraction of sp³-hybridized carbons (Fsp3) is 0.667. The van der Waals surface area contributed by atoms with Crippen LogP contribution in [0.1, 0.15) is 18.9 Å². The summed E-state index contributed by atoms with van der Waals surface area (Å²) in [5, 5.41) is 6.74. The number of methoxy groups -OCH3 is 1. The van der Waals surface area contributed by atoms with Crippen LogP contribution >= 0.6 is 0 Å². The highest BCUT2D eigenvalue weighted by Gasteiger charge is 2.10. The number of hydrogen-bond acceptors (Lipinski definition) is 5. The van der Waals surface area contributed by atoms with Crippen molar-refractivity contribution in [1.29, 1.82) is 0 Å². The Morgan fingerprint density at radius 1 is 1.18 bits per heavy atom. The van der Waals surface area contributed by atoms with Crippen LogP contribution in [0.2, 0.25) is 0 Å². The topological polar surface area (TPSA) is 61.4 Å². The Morgan fingerprint density at radius 3 is 2.61 bits per heavy atom. The summed E-state index contributed by atoms with van der Waals surface area (Å²) in [4.78, 5) is 9.39. The number of benzene rings is 1. The lowest BCUT2D eigenvalue weighted by molar-refractivity contribution is 0.122. The Hall–Kier alpha value is -1.83. The first-order valence-electron chi connectivity index (χ1n) is 10.3. The molecule has 0 amide bonds. The van der Waals surface area contributed by atoms with Crippen molar-refractivity contribution in [2.45, 2.75) is 19.9 Å². The van der Waals surface area contributed by atoms with E-state index in [9.17, 15) is 0 Å². The molecular weight excluding hydrogens is 354 g/mol. The van der Waals surface area contributed by atoms with Crippen molar-refractivity contribution in [3.63, 3.8) is 0 Å². The summed E-state index contributed by atoms with van der Waals surface area (Å²) in [6.07, 6.45) is 1.06. The minimum Gasteiger partial charge on any atom is -0.385 e. The molecule has 0 saturated carbocycles. The van der Waals surface area contributed by atoms with Crippen molar-refractivity contribution >= 4 is 11.6 Å². The SMILES string of the molecule is CCNC(=NCc1ccc(N2CCOCC2)cc1)NCCN(C)CCCOC. The number of nitrogens with zero attached hydrogens (tertiary/aromatic N) is 3. The molecule has 1 aromatic rings. The van der Waals surface area contributed by atoms with Crippen LogP contribution in [-0.4, -0.2) is 84.1 Å². The number of ether oxygens (including phenoxy) is 2. The van der Waals surface area contributed by atoms with E-state index in [0.29, 0.717) is 6.54 Å². The van der Waals surface area contributed by atoms with Gasteiger partial charge in [-0.15, -0.1) is 0 Å².